The van der Waals surface area contributed by atoms with Crippen LogP contribution < -0.4 is 15.0 Å². The number of hydrogen-bond donors (Lipinski definition) is 2. The summed E-state index contributed by atoms with van der Waals surface area (Å²) in [5.41, 5.74) is 1.55. The first-order valence-electron chi connectivity index (χ1n) is 9.12. The number of halogens is 1. The Kier molecular flexibility index (Phi) is 6.69. The van der Waals surface area contributed by atoms with Crippen LogP contribution in [0.1, 0.15) is 18.1 Å². The van der Waals surface area contributed by atoms with E-state index in [-0.39, 0.29) is 22.2 Å². The molecule has 2 aromatic rings. The van der Waals surface area contributed by atoms with Gasteiger partial charge in [0.1, 0.15) is 5.57 Å². The number of anilines is 1. The molecule has 0 saturated carbocycles. The molecule has 30 heavy (non-hydrogen) atoms. The number of carbonyl (C=O) groups excluding carboxylic acids is 2. The monoisotopic (exact) mass is 486 g/mol. The van der Waals surface area contributed by atoms with Gasteiger partial charge in [-0.15, -0.1) is 6.58 Å². The van der Waals surface area contributed by atoms with Gasteiger partial charge in [-0.2, -0.15) is 0 Å². The second kappa shape index (κ2) is 9.23. The molecule has 6 nitrogen and oxygen atoms in total. The van der Waals surface area contributed by atoms with E-state index < -0.39 is 11.8 Å². The molecule has 1 aliphatic rings. The van der Waals surface area contributed by atoms with Gasteiger partial charge in [0, 0.05) is 10.0 Å². The summed E-state index contributed by atoms with van der Waals surface area (Å²) >= 11 is 8.59. The minimum absolute atomic E-state index is 0.00769. The second-order valence-corrected chi connectivity index (χ2v) is 7.69. The van der Waals surface area contributed by atoms with Gasteiger partial charge in [0.15, 0.2) is 16.6 Å². The quantitative estimate of drug-likeness (QED) is 0.278. The summed E-state index contributed by atoms with van der Waals surface area (Å²) in [7, 11) is 0. The smallest absolute Gasteiger partial charge is 0.270 e. The Balaban J connectivity index is 2.07. The fourth-order valence-electron chi connectivity index (χ4n) is 3.02. The Morgan fingerprint density at radius 3 is 2.73 bits per heavy atom. The highest BCUT2D eigenvalue weighted by atomic mass is 79.9. The molecule has 0 aliphatic carbocycles. The minimum atomic E-state index is -0.590. The first kappa shape index (κ1) is 21.7. The van der Waals surface area contributed by atoms with Gasteiger partial charge >= 0.3 is 0 Å². The number of allylic oxidation sites excluding steroid dienone is 1. The average molecular weight is 487 g/mol. The molecule has 8 heteroatoms. The summed E-state index contributed by atoms with van der Waals surface area (Å²) in [6, 6.07) is 10.3. The topological polar surface area (TPSA) is 78.9 Å². The van der Waals surface area contributed by atoms with E-state index in [2.05, 4.69) is 27.8 Å². The Morgan fingerprint density at radius 1 is 1.30 bits per heavy atom. The van der Waals surface area contributed by atoms with Crippen LogP contribution in [0.3, 0.4) is 0 Å². The van der Waals surface area contributed by atoms with Crippen molar-refractivity contribution < 1.29 is 19.4 Å². The van der Waals surface area contributed by atoms with E-state index in [4.69, 9.17) is 17.0 Å². The maximum absolute atomic E-state index is 13.1. The zero-order valence-corrected chi connectivity index (χ0v) is 18.5. The number of phenols is 1. The molecular formula is C22H19BrN2O4S. The van der Waals surface area contributed by atoms with Gasteiger partial charge in [-0.25, -0.2) is 0 Å². The molecule has 2 N–H and O–H groups in total. The zero-order chi connectivity index (χ0) is 21.8. The van der Waals surface area contributed by atoms with E-state index in [1.165, 1.54) is 11.0 Å². The third-order valence-electron chi connectivity index (χ3n) is 4.32. The molecule has 0 unspecified atom stereocenters. The van der Waals surface area contributed by atoms with Crippen molar-refractivity contribution in [2.45, 2.75) is 13.3 Å². The fraction of sp³-hybridized carbons (Fsp3) is 0.136. The molecule has 0 radical (unpaired) electrons. The van der Waals surface area contributed by atoms with E-state index in [0.717, 1.165) is 4.47 Å². The molecule has 0 bridgehead atoms. The number of thiocarbonyl (C=S) groups is 1. The predicted octanol–water partition coefficient (Wildman–Crippen LogP) is 4.11. The lowest BCUT2D eigenvalue weighted by atomic mass is 10.0. The van der Waals surface area contributed by atoms with Gasteiger partial charge < -0.3 is 9.84 Å². The van der Waals surface area contributed by atoms with E-state index in [0.29, 0.717) is 29.8 Å². The third-order valence-corrected chi connectivity index (χ3v) is 5.10. The molecule has 0 spiro atoms. The first-order valence-corrected chi connectivity index (χ1v) is 10.3. The van der Waals surface area contributed by atoms with Crippen LogP contribution in [0, 0.1) is 0 Å². The molecule has 1 aliphatic heterocycles. The first-order chi connectivity index (χ1) is 14.3. The van der Waals surface area contributed by atoms with Crippen molar-refractivity contribution in [1.29, 1.82) is 0 Å². The number of nitrogens with one attached hydrogen (secondary N) is 1. The van der Waals surface area contributed by atoms with Crippen LogP contribution in [-0.2, 0) is 16.0 Å². The summed E-state index contributed by atoms with van der Waals surface area (Å²) in [5.74, 6) is -0.854. The van der Waals surface area contributed by atoms with Crippen LogP contribution in [0.4, 0.5) is 5.69 Å². The van der Waals surface area contributed by atoms with Crippen molar-refractivity contribution in [3.63, 3.8) is 0 Å². The number of benzene rings is 2. The maximum atomic E-state index is 13.1. The van der Waals surface area contributed by atoms with Crippen LogP contribution in [-0.4, -0.2) is 28.6 Å². The molecule has 0 aromatic heterocycles. The minimum Gasteiger partial charge on any atom is -0.504 e. The predicted molar refractivity (Wildman–Crippen MR) is 124 cm³/mol. The average Bonchev–Trinajstić information content (AvgIpc) is 2.69. The Labute approximate surface area is 188 Å². The van der Waals surface area contributed by atoms with Gasteiger partial charge in [-0.05, 0) is 67.5 Å². The van der Waals surface area contributed by atoms with Crippen LogP contribution >= 0.6 is 28.1 Å². The Bertz CT molecular complexity index is 1080. The van der Waals surface area contributed by atoms with Crippen LogP contribution in [0.25, 0.3) is 6.08 Å². The lowest BCUT2D eigenvalue weighted by Gasteiger charge is -2.29. The van der Waals surface area contributed by atoms with Crippen LogP contribution in [0.5, 0.6) is 11.5 Å². The van der Waals surface area contributed by atoms with Crippen molar-refractivity contribution in [1.82, 2.24) is 5.32 Å². The van der Waals surface area contributed by atoms with E-state index in [9.17, 15) is 14.7 Å². The largest absolute Gasteiger partial charge is 0.504 e. The van der Waals surface area contributed by atoms with E-state index >= 15 is 0 Å². The standard InChI is InChI=1S/C22H19BrN2O4S/c1-3-6-14-9-13(11-18(19(14)26)29-4-2)10-17-20(27)24-22(30)25(21(17)28)16-8-5-7-15(23)12-16/h3,5,7-12,26H,1,4,6H2,2H3,(H,24,27,30)/b17-10+. The lowest BCUT2D eigenvalue weighted by Crippen LogP contribution is -2.54. The normalized spacial score (nSPS) is 15.3. The highest BCUT2D eigenvalue weighted by molar-refractivity contribution is 9.10. The van der Waals surface area contributed by atoms with Crippen molar-refractivity contribution in [3.8, 4) is 11.5 Å². The summed E-state index contributed by atoms with van der Waals surface area (Å²) in [4.78, 5) is 26.9. The second-order valence-electron chi connectivity index (χ2n) is 6.39. The number of carbonyl (C=O) groups is 2. The van der Waals surface area contributed by atoms with Crippen LogP contribution in [0.15, 0.2) is 59.1 Å². The lowest BCUT2D eigenvalue weighted by molar-refractivity contribution is -0.122. The number of rotatable bonds is 6. The highest BCUT2D eigenvalue weighted by Gasteiger charge is 2.34. The Morgan fingerprint density at radius 2 is 2.07 bits per heavy atom. The fourth-order valence-corrected chi connectivity index (χ4v) is 3.69. The number of nitrogens with zero attached hydrogens (tertiary/aromatic N) is 1. The molecular weight excluding hydrogens is 468 g/mol. The molecule has 3 rings (SSSR count). The number of amides is 2. The van der Waals surface area contributed by atoms with Crippen molar-refractivity contribution >= 4 is 56.8 Å². The van der Waals surface area contributed by atoms with E-state index in [1.807, 2.05) is 6.07 Å². The van der Waals surface area contributed by atoms with Gasteiger partial charge in [0.25, 0.3) is 11.8 Å². The third kappa shape index (κ3) is 4.44. The van der Waals surface area contributed by atoms with Gasteiger partial charge in [-0.1, -0.05) is 28.1 Å². The summed E-state index contributed by atoms with van der Waals surface area (Å²) < 4.78 is 6.26. The summed E-state index contributed by atoms with van der Waals surface area (Å²) in [6.45, 7) is 5.84. The molecule has 2 amide bonds. The van der Waals surface area contributed by atoms with Gasteiger partial charge in [-0.3, -0.25) is 19.8 Å². The SMILES string of the molecule is C=CCc1cc(/C=C2\C(=O)NC(=S)N(c3cccc(Br)c3)C2=O)cc(OCC)c1O. The molecule has 154 valence electrons. The highest BCUT2D eigenvalue weighted by Crippen LogP contribution is 2.34. The number of aromatic hydroxyl groups is 1. The van der Waals surface area contributed by atoms with Gasteiger partial charge in [0.2, 0.25) is 0 Å². The maximum Gasteiger partial charge on any atom is 0.270 e. The van der Waals surface area contributed by atoms with Crippen molar-refractivity contribution in [2.24, 2.45) is 0 Å². The van der Waals surface area contributed by atoms with Crippen molar-refractivity contribution in [2.75, 3.05) is 11.5 Å². The Hall–Kier alpha value is -2.97. The molecule has 0 atom stereocenters. The van der Waals surface area contributed by atoms with Crippen molar-refractivity contribution in [3.05, 3.63) is 70.2 Å². The number of hydrogen-bond acceptors (Lipinski definition) is 5. The van der Waals surface area contributed by atoms with Crippen LogP contribution in [0.2, 0.25) is 0 Å². The molecule has 1 heterocycles. The summed E-state index contributed by atoms with van der Waals surface area (Å²) in [5, 5.41) is 12.9. The zero-order valence-electron chi connectivity index (χ0n) is 16.1. The van der Waals surface area contributed by atoms with Gasteiger partial charge in [0.05, 0.1) is 12.3 Å². The molecule has 2 aromatic carbocycles. The molecule has 1 saturated heterocycles. The summed E-state index contributed by atoms with van der Waals surface area (Å²) in [6.07, 6.45) is 3.50. The van der Waals surface area contributed by atoms with E-state index in [1.54, 1.807) is 43.3 Å². The number of ether oxygens (including phenoxy) is 1. The molecule has 1 fully saturated rings. The number of phenolic OH excluding ortho intramolecular Hbond substituents is 1.